The monoisotopic (exact) mass is 418 g/mol. The first-order valence-corrected chi connectivity index (χ1v) is 10.7. The summed E-state index contributed by atoms with van der Waals surface area (Å²) in [6.45, 7) is 1.81. The molecule has 1 aliphatic heterocycles. The number of ketones is 1. The number of amides is 2. The number of Topliss-reactive ketones (excluding diaryl/α,β-unsaturated/α-hetero) is 1. The van der Waals surface area contributed by atoms with Gasteiger partial charge in [0, 0.05) is 18.0 Å². The van der Waals surface area contributed by atoms with Gasteiger partial charge >= 0.3 is 0 Å². The number of anilines is 2. The third kappa shape index (κ3) is 4.02. The predicted octanol–water partition coefficient (Wildman–Crippen LogP) is 2.75. The summed E-state index contributed by atoms with van der Waals surface area (Å²) in [5.41, 5.74) is 0.992. The number of thioether (sulfide) groups is 1. The zero-order valence-electron chi connectivity index (χ0n) is 15.1. The van der Waals surface area contributed by atoms with Gasteiger partial charge < -0.3 is 10.1 Å². The van der Waals surface area contributed by atoms with Crippen LogP contribution in [-0.4, -0.2) is 46.2 Å². The Morgan fingerprint density at radius 2 is 2.18 bits per heavy atom. The third-order valence-electron chi connectivity index (χ3n) is 4.35. The Morgan fingerprint density at radius 1 is 1.36 bits per heavy atom. The quantitative estimate of drug-likeness (QED) is 0.419. The molecule has 1 fully saturated rings. The van der Waals surface area contributed by atoms with Crippen molar-refractivity contribution in [2.24, 2.45) is 0 Å². The Balaban J connectivity index is 1.40. The third-order valence-corrected chi connectivity index (χ3v) is 6.40. The van der Waals surface area contributed by atoms with Crippen molar-refractivity contribution >= 4 is 51.5 Å². The van der Waals surface area contributed by atoms with Gasteiger partial charge in [-0.2, -0.15) is 0 Å². The minimum atomic E-state index is -0.241. The highest BCUT2D eigenvalue weighted by molar-refractivity contribution is 8.01. The zero-order chi connectivity index (χ0) is 19.7. The molecule has 28 heavy (non-hydrogen) atoms. The van der Waals surface area contributed by atoms with E-state index in [2.05, 4.69) is 15.5 Å². The van der Waals surface area contributed by atoms with Crippen LogP contribution in [0.2, 0.25) is 0 Å². The maximum absolute atomic E-state index is 12.5. The van der Waals surface area contributed by atoms with E-state index in [1.54, 1.807) is 23.1 Å². The van der Waals surface area contributed by atoms with Gasteiger partial charge in [-0.1, -0.05) is 30.0 Å². The highest BCUT2D eigenvalue weighted by atomic mass is 32.2. The number of carbonyl (C=O) groups is 3. The van der Waals surface area contributed by atoms with E-state index in [-0.39, 0.29) is 36.0 Å². The average molecular weight is 419 g/mol. The van der Waals surface area contributed by atoms with Gasteiger partial charge in [0.05, 0.1) is 11.4 Å². The number of rotatable bonds is 7. The molecule has 8 nitrogen and oxygen atoms in total. The highest BCUT2D eigenvalue weighted by Gasteiger charge is 2.35. The Hall–Kier alpha value is -2.46. The number of benzene rings is 1. The number of nitrogens with zero attached hydrogens (tertiary/aromatic N) is 3. The molecule has 2 amide bonds. The second kappa shape index (κ2) is 7.88. The number of hydrogen-bond acceptors (Lipinski definition) is 8. The molecular formula is C18H18N4O4S2. The molecule has 0 spiro atoms. The molecule has 0 bridgehead atoms. The van der Waals surface area contributed by atoms with E-state index in [1.165, 1.54) is 23.1 Å². The lowest BCUT2D eigenvalue weighted by molar-refractivity contribution is -0.119. The van der Waals surface area contributed by atoms with Gasteiger partial charge in [0.2, 0.25) is 11.0 Å². The van der Waals surface area contributed by atoms with Gasteiger partial charge in [-0.05, 0) is 31.0 Å². The van der Waals surface area contributed by atoms with Crippen molar-refractivity contribution in [1.29, 1.82) is 0 Å². The molecule has 0 atom stereocenters. The minimum Gasteiger partial charge on any atom is -0.482 e. The van der Waals surface area contributed by atoms with Crippen LogP contribution in [0.15, 0.2) is 22.5 Å². The van der Waals surface area contributed by atoms with E-state index < -0.39 is 0 Å². The van der Waals surface area contributed by atoms with Crippen LogP contribution in [-0.2, 0) is 9.59 Å². The fraction of sp³-hybridized carbons (Fsp3) is 0.389. The lowest BCUT2D eigenvalue weighted by atomic mass is 10.1. The minimum absolute atomic E-state index is 0.0199. The number of ether oxygens (including phenoxy) is 1. The van der Waals surface area contributed by atoms with E-state index >= 15 is 0 Å². The summed E-state index contributed by atoms with van der Waals surface area (Å²) < 4.78 is 5.95. The van der Waals surface area contributed by atoms with Crippen LogP contribution >= 0.6 is 23.1 Å². The van der Waals surface area contributed by atoms with Gasteiger partial charge in [-0.3, -0.25) is 19.3 Å². The second-order valence-electron chi connectivity index (χ2n) is 6.46. The smallest absolute Gasteiger partial charge is 0.262 e. The summed E-state index contributed by atoms with van der Waals surface area (Å²) in [6, 6.07) is 5.21. The van der Waals surface area contributed by atoms with Gasteiger partial charge in [-0.15, -0.1) is 10.2 Å². The predicted molar refractivity (Wildman–Crippen MR) is 106 cm³/mol. The Morgan fingerprint density at radius 3 is 2.93 bits per heavy atom. The lowest BCUT2D eigenvalue weighted by Crippen LogP contribution is -2.32. The average Bonchev–Trinajstić information content (AvgIpc) is 3.42. The van der Waals surface area contributed by atoms with Crippen LogP contribution in [0.3, 0.4) is 0 Å². The molecule has 0 saturated heterocycles. The molecule has 146 valence electrons. The number of nitrogens with one attached hydrogen (secondary N) is 1. The molecule has 1 saturated carbocycles. The van der Waals surface area contributed by atoms with E-state index in [9.17, 15) is 14.4 Å². The van der Waals surface area contributed by atoms with Crippen LogP contribution in [0.5, 0.6) is 5.75 Å². The summed E-state index contributed by atoms with van der Waals surface area (Å²) in [5, 5.41) is 11.6. The standard InChI is InChI=1S/C18H18N4O4S2/c1-2-16(25)22(11-4-5-11)17-20-21-18(28-17)27-9-13(23)10-3-6-14-12(7-10)19-15(24)8-26-14/h3,6-7,11H,2,4-5,8-9H2,1H3,(H,19,24). The van der Waals surface area contributed by atoms with Crippen LogP contribution < -0.4 is 15.0 Å². The zero-order valence-corrected chi connectivity index (χ0v) is 16.8. The molecule has 10 heteroatoms. The topological polar surface area (TPSA) is 101 Å². The van der Waals surface area contributed by atoms with Crippen LogP contribution in [0.1, 0.15) is 36.5 Å². The molecule has 1 aliphatic carbocycles. The first-order valence-electron chi connectivity index (χ1n) is 8.93. The van der Waals surface area contributed by atoms with Crippen molar-refractivity contribution in [1.82, 2.24) is 10.2 Å². The molecule has 0 radical (unpaired) electrons. The summed E-state index contributed by atoms with van der Waals surface area (Å²) in [4.78, 5) is 37.8. The van der Waals surface area contributed by atoms with Crippen molar-refractivity contribution in [2.75, 3.05) is 22.6 Å². The molecule has 0 unspecified atom stereocenters. The molecule has 2 aliphatic rings. The second-order valence-corrected chi connectivity index (χ2v) is 8.64. The van der Waals surface area contributed by atoms with Gasteiger partial charge in [0.15, 0.2) is 16.7 Å². The largest absolute Gasteiger partial charge is 0.482 e. The van der Waals surface area contributed by atoms with Gasteiger partial charge in [0.1, 0.15) is 5.75 Å². The van der Waals surface area contributed by atoms with Gasteiger partial charge in [0.25, 0.3) is 5.91 Å². The van der Waals surface area contributed by atoms with E-state index in [4.69, 9.17) is 4.74 Å². The molecule has 1 N–H and O–H groups in total. The fourth-order valence-electron chi connectivity index (χ4n) is 2.79. The molecule has 4 rings (SSSR count). The van der Waals surface area contributed by atoms with Crippen molar-refractivity contribution in [3.05, 3.63) is 23.8 Å². The number of carbonyl (C=O) groups excluding carboxylic acids is 3. The molecule has 2 heterocycles. The van der Waals surface area contributed by atoms with Crippen molar-refractivity contribution in [3.63, 3.8) is 0 Å². The summed E-state index contributed by atoms with van der Waals surface area (Å²) in [5.74, 6) is 0.457. The van der Waals surface area contributed by atoms with Crippen molar-refractivity contribution < 1.29 is 19.1 Å². The fourth-order valence-corrected chi connectivity index (χ4v) is 4.62. The maximum atomic E-state index is 12.5. The van der Waals surface area contributed by atoms with Crippen molar-refractivity contribution in [2.45, 2.75) is 36.6 Å². The van der Waals surface area contributed by atoms with Gasteiger partial charge in [-0.25, -0.2) is 0 Å². The number of aromatic nitrogens is 2. The lowest BCUT2D eigenvalue weighted by Gasteiger charge is -2.18. The first kappa shape index (κ1) is 18.9. The van der Waals surface area contributed by atoms with E-state index in [0.717, 1.165) is 12.8 Å². The molecule has 1 aromatic heterocycles. The summed E-state index contributed by atoms with van der Waals surface area (Å²) in [6.07, 6.45) is 2.41. The van der Waals surface area contributed by atoms with E-state index in [1.807, 2.05) is 6.92 Å². The molecular weight excluding hydrogens is 400 g/mol. The Kier molecular flexibility index (Phi) is 5.31. The Bertz CT molecular complexity index is 941. The maximum Gasteiger partial charge on any atom is 0.262 e. The van der Waals surface area contributed by atoms with E-state index in [0.29, 0.717) is 32.9 Å². The van der Waals surface area contributed by atoms with Crippen LogP contribution in [0, 0.1) is 0 Å². The summed E-state index contributed by atoms with van der Waals surface area (Å²) >= 11 is 2.62. The Labute approximate surface area is 169 Å². The molecule has 2 aromatic rings. The SMILES string of the molecule is CCC(=O)N(c1nnc(SCC(=O)c2ccc3c(c2)NC(=O)CO3)s1)C1CC1. The van der Waals surface area contributed by atoms with Crippen LogP contribution in [0.25, 0.3) is 0 Å². The number of hydrogen-bond donors (Lipinski definition) is 1. The summed E-state index contributed by atoms with van der Waals surface area (Å²) in [7, 11) is 0. The number of fused-ring (bicyclic) bond motifs is 1. The normalized spacial score (nSPS) is 15.4. The van der Waals surface area contributed by atoms with Crippen molar-refractivity contribution in [3.8, 4) is 5.75 Å². The first-order chi connectivity index (χ1) is 13.5. The highest BCUT2D eigenvalue weighted by Crippen LogP contribution is 2.36. The van der Waals surface area contributed by atoms with Crippen LogP contribution in [0.4, 0.5) is 10.8 Å². The molecule has 1 aromatic carbocycles.